The van der Waals surface area contributed by atoms with Crippen LogP contribution in [0.5, 0.6) is 0 Å². The van der Waals surface area contributed by atoms with E-state index in [1.54, 1.807) is 18.5 Å². The maximum absolute atomic E-state index is 8.53. The second-order valence-corrected chi connectivity index (χ2v) is 3.65. The first-order valence-corrected chi connectivity index (χ1v) is 5.34. The van der Waals surface area contributed by atoms with E-state index >= 15 is 0 Å². The lowest BCUT2D eigenvalue weighted by Crippen LogP contribution is -1.95. The molecule has 0 aliphatic heterocycles. The number of nitrogens with zero attached hydrogens (tertiary/aromatic N) is 3. The fourth-order valence-electron chi connectivity index (χ4n) is 1.71. The fourth-order valence-corrected chi connectivity index (χ4v) is 1.71. The van der Waals surface area contributed by atoms with Crippen molar-refractivity contribution >= 4 is 16.9 Å². The van der Waals surface area contributed by atoms with Gasteiger partial charge < -0.3 is 4.42 Å². The van der Waals surface area contributed by atoms with Crippen molar-refractivity contribution in [1.82, 2.24) is 9.97 Å². The number of benzene rings is 1. The molecule has 0 radical (unpaired) electrons. The molecule has 86 valence electrons. The zero-order valence-electron chi connectivity index (χ0n) is 9.29. The van der Waals surface area contributed by atoms with Crippen molar-refractivity contribution in [3.63, 3.8) is 0 Å². The minimum atomic E-state index is 0.260. The van der Waals surface area contributed by atoms with E-state index in [1.165, 1.54) is 0 Å². The number of anilines is 1. The molecule has 0 atom stereocenters. The van der Waals surface area contributed by atoms with Crippen LogP contribution >= 0.6 is 0 Å². The van der Waals surface area contributed by atoms with Gasteiger partial charge in [0.05, 0.1) is 0 Å². The van der Waals surface area contributed by atoms with Crippen molar-refractivity contribution in [2.24, 2.45) is 0 Å². The van der Waals surface area contributed by atoms with Crippen LogP contribution in [0.3, 0.4) is 0 Å². The molecule has 0 aliphatic carbocycles. The van der Waals surface area contributed by atoms with Crippen LogP contribution in [0.15, 0.2) is 47.0 Å². The molecule has 0 aliphatic rings. The molecular weight excluding hydrogens is 228 g/mol. The predicted octanol–water partition coefficient (Wildman–Crippen LogP) is 2.78. The monoisotopic (exact) mass is 236 g/mol. The first-order chi connectivity index (χ1) is 8.86. The molecule has 5 heteroatoms. The van der Waals surface area contributed by atoms with Crippen LogP contribution in [0.1, 0.15) is 0 Å². The minimum absolute atomic E-state index is 0.260. The third kappa shape index (κ3) is 1.76. The first-order valence-electron chi connectivity index (χ1n) is 5.34. The summed E-state index contributed by atoms with van der Waals surface area (Å²) in [6, 6.07) is 11.4. The molecule has 1 N–H and O–H groups in total. The summed E-state index contributed by atoms with van der Waals surface area (Å²) in [5.74, 6) is 0.912. The zero-order chi connectivity index (χ0) is 12.4. The zero-order valence-corrected chi connectivity index (χ0v) is 9.29. The molecule has 0 spiro atoms. The van der Waals surface area contributed by atoms with Crippen molar-refractivity contribution in [3.05, 3.63) is 42.6 Å². The largest absolute Gasteiger partial charge is 0.454 e. The fraction of sp³-hybridized carbons (Fsp3) is 0. The van der Waals surface area contributed by atoms with Crippen LogP contribution in [0.25, 0.3) is 22.4 Å². The average Bonchev–Trinajstić information content (AvgIpc) is 2.83. The Bertz CT molecular complexity index is 709. The summed E-state index contributed by atoms with van der Waals surface area (Å²) >= 11 is 0. The lowest BCUT2D eigenvalue weighted by molar-refractivity contribution is 0.628. The summed E-state index contributed by atoms with van der Waals surface area (Å²) in [6.07, 6.45) is 3.36. The van der Waals surface area contributed by atoms with E-state index in [4.69, 9.17) is 9.68 Å². The van der Waals surface area contributed by atoms with E-state index in [9.17, 15) is 0 Å². The van der Waals surface area contributed by atoms with E-state index in [0.717, 1.165) is 11.0 Å². The number of aromatic nitrogens is 2. The van der Waals surface area contributed by atoms with Gasteiger partial charge in [-0.15, -0.1) is 0 Å². The van der Waals surface area contributed by atoms with Crippen LogP contribution in [0.4, 0.5) is 5.95 Å². The van der Waals surface area contributed by atoms with Crippen molar-refractivity contribution < 1.29 is 4.42 Å². The van der Waals surface area contributed by atoms with Crippen LogP contribution in [0, 0.1) is 11.5 Å². The van der Waals surface area contributed by atoms with Crippen LogP contribution in [0.2, 0.25) is 0 Å². The van der Waals surface area contributed by atoms with Gasteiger partial charge >= 0.3 is 0 Å². The molecule has 3 aromatic rings. The van der Waals surface area contributed by atoms with Crippen molar-refractivity contribution in [1.29, 1.82) is 5.26 Å². The maximum Gasteiger partial charge on any atom is 0.236 e. The standard InChI is InChI=1S/C13H8N4O/c14-8-16-13-15-6-5-10(17-13)12-7-9-3-1-2-4-11(9)18-12/h1-7H,(H,15,16,17). The SMILES string of the molecule is N#CNc1nccc(-c2cc3ccccc3o2)n1. The number of hydrogen-bond acceptors (Lipinski definition) is 5. The van der Waals surface area contributed by atoms with E-state index < -0.39 is 0 Å². The lowest BCUT2D eigenvalue weighted by Gasteiger charge is -1.97. The van der Waals surface area contributed by atoms with Gasteiger partial charge in [-0.25, -0.2) is 9.97 Å². The Morgan fingerprint density at radius 1 is 1.22 bits per heavy atom. The van der Waals surface area contributed by atoms with Gasteiger partial charge in [0.15, 0.2) is 12.0 Å². The number of nitrogens with one attached hydrogen (secondary N) is 1. The average molecular weight is 236 g/mol. The van der Waals surface area contributed by atoms with Gasteiger partial charge in [-0.2, -0.15) is 5.26 Å². The summed E-state index contributed by atoms with van der Waals surface area (Å²) in [7, 11) is 0. The van der Waals surface area contributed by atoms with E-state index in [0.29, 0.717) is 11.5 Å². The number of para-hydroxylation sites is 1. The van der Waals surface area contributed by atoms with Crippen molar-refractivity contribution in [2.45, 2.75) is 0 Å². The smallest absolute Gasteiger partial charge is 0.236 e. The lowest BCUT2D eigenvalue weighted by atomic mass is 10.2. The number of hydrogen-bond donors (Lipinski definition) is 1. The number of rotatable bonds is 2. The highest BCUT2D eigenvalue weighted by molar-refractivity contribution is 5.82. The Balaban J connectivity index is 2.08. The Hall–Kier alpha value is -2.87. The number of nitriles is 1. The van der Waals surface area contributed by atoms with Gasteiger partial charge in [0, 0.05) is 11.6 Å². The number of furan rings is 1. The summed E-state index contributed by atoms with van der Waals surface area (Å²) in [5.41, 5.74) is 1.44. The van der Waals surface area contributed by atoms with Crippen LogP contribution in [-0.4, -0.2) is 9.97 Å². The molecule has 2 aromatic heterocycles. The summed E-state index contributed by atoms with van der Waals surface area (Å²) in [5, 5.41) is 11.9. The van der Waals surface area contributed by atoms with Gasteiger partial charge in [-0.1, -0.05) is 18.2 Å². The molecule has 18 heavy (non-hydrogen) atoms. The van der Waals surface area contributed by atoms with E-state index in [-0.39, 0.29) is 5.95 Å². The van der Waals surface area contributed by atoms with Gasteiger partial charge in [0.2, 0.25) is 5.95 Å². The Kier molecular flexibility index (Phi) is 2.39. The van der Waals surface area contributed by atoms with Gasteiger partial charge in [0.1, 0.15) is 11.3 Å². The number of fused-ring (bicyclic) bond motifs is 1. The molecule has 2 heterocycles. The third-order valence-electron chi connectivity index (χ3n) is 2.50. The highest BCUT2D eigenvalue weighted by Gasteiger charge is 2.07. The molecule has 0 amide bonds. The van der Waals surface area contributed by atoms with Crippen molar-refractivity contribution in [2.75, 3.05) is 5.32 Å². The second-order valence-electron chi connectivity index (χ2n) is 3.65. The molecule has 3 rings (SSSR count). The summed E-state index contributed by atoms with van der Waals surface area (Å²) in [6.45, 7) is 0. The normalized spacial score (nSPS) is 10.2. The van der Waals surface area contributed by atoms with Gasteiger partial charge in [-0.3, -0.25) is 5.32 Å². The van der Waals surface area contributed by atoms with E-state index in [1.807, 2.05) is 30.3 Å². The molecule has 0 fully saturated rings. The van der Waals surface area contributed by atoms with Gasteiger partial charge in [-0.05, 0) is 18.2 Å². The summed E-state index contributed by atoms with van der Waals surface area (Å²) < 4.78 is 5.69. The maximum atomic E-state index is 8.53. The Labute approximate surface area is 103 Å². The van der Waals surface area contributed by atoms with E-state index in [2.05, 4.69) is 15.3 Å². The molecular formula is C13H8N4O. The predicted molar refractivity (Wildman–Crippen MR) is 66.5 cm³/mol. The molecule has 1 aromatic carbocycles. The quantitative estimate of drug-likeness (QED) is 0.547. The molecule has 0 saturated heterocycles. The topological polar surface area (TPSA) is 74.7 Å². The van der Waals surface area contributed by atoms with Crippen LogP contribution < -0.4 is 5.32 Å². The highest BCUT2D eigenvalue weighted by atomic mass is 16.3. The minimum Gasteiger partial charge on any atom is -0.454 e. The molecule has 0 bridgehead atoms. The third-order valence-corrected chi connectivity index (χ3v) is 2.50. The second kappa shape index (κ2) is 4.18. The Morgan fingerprint density at radius 3 is 2.94 bits per heavy atom. The Morgan fingerprint density at radius 2 is 2.11 bits per heavy atom. The summed E-state index contributed by atoms with van der Waals surface area (Å²) in [4.78, 5) is 8.11. The molecule has 0 saturated carbocycles. The van der Waals surface area contributed by atoms with Gasteiger partial charge in [0.25, 0.3) is 0 Å². The molecule has 0 unspecified atom stereocenters. The van der Waals surface area contributed by atoms with Crippen molar-refractivity contribution in [3.8, 4) is 17.6 Å². The highest BCUT2D eigenvalue weighted by Crippen LogP contribution is 2.26. The first kappa shape index (κ1) is 10.3. The molecule has 5 nitrogen and oxygen atoms in total. The van der Waals surface area contributed by atoms with Crippen LogP contribution in [-0.2, 0) is 0 Å².